The fourth-order valence-electron chi connectivity index (χ4n) is 4.64. The number of pyridine rings is 1. The first kappa shape index (κ1) is 19.9. The summed E-state index contributed by atoms with van der Waals surface area (Å²) in [5.74, 6) is -0.144. The van der Waals surface area contributed by atoms with Crippen molar-refractivity contribution in [1.82, 2.24) is 4.98 Å². The third kappa shape index (κ3) is 3.53. The van der Waals surface area contributed by atoms with Crippen LogP contribution in [-0.2, 0) is 14.9 Å². The van der Waals surface area contributed by atoms with Gasteiger partial charge in [0.15, 0.2) is 0 Å². The summed E-state index contributed by atoms with van der Waals surface area (Å²) in [5.41, 5.74) is 5.29. The number of hydrogen-bond donors (Lipinski definition) is 0. The first-order chi connectivity index (χ1) is 14.1. The maximum atomic E-state index is 12.3. The lowest BCUT2D eigenvalue weighted by molar-refractivity contribution is -0.143. The number of carbonyl (C=O) groups excluding carboxylic acids is 1. The Labute approximate surface area is 177 Å². The Morgan fingerprint density at radius 3 is 2.69 bits per heavy atom. The van der Waals surface area contributed by atoms with Crippen molar-refractivity contribution in [3.8, 4) is 11.3 Å². The number of ether oxygens (including phenoxy) is 1. The molecule has 4 rings (SSSR count). The van der Waals surface area contributed by atoms with Gasteiger partial charge < -0.3 is 4.74 Å². The Kier molecular flexibility index (Phi) is 5.60. The van der Waals surface area contributed by atoms with E-state index >= 15 is 0 Å². The molecule has 1 aromatic heterocycles. The van der Waals surface area contributed by atoms with Gasteiger partial charge >= 0.3 is 5.97 Å². The first-order valence-electron chi connectivity index (χ1n) is 10.5. The number of carbonyl (C=O) groups is 1. The van der Waals surface area contributed by atoms with Crippen LogP contribution in [-0.4, -0.2) is 17.6 Å². The Balaban J connectivity index is 1.91. The number of aromatic nitrogens is 1. The molecule has 1 aliphatic carbocycles. The number of halogens is 1. The zero-order valence-corrected chi connectivity index (χ0v) is 17.8. The molecule has 1 unspecified atom stereocenters. The first-order valence-corrected chi connectivity index (χ1v) is 10.8. The van der Waals surface area contributed by atoms with Gasteiger partial charge in [-0.1, -0.05) is 55.6 Å². The van der Waals surface area contributed by atoms with Gasteiger partial charge in [-0.3, -0.25) is 4.79 Å². The third-order valence-corrected chi connectivity index (χ3v) is 6.25. The van der Waals surface area contributed by atoms with Crippen molar-refractivity contribution in [3.05, 3.63) is 64.7 Å². The van der Waals surface area contributed by atoms with Crippen LogP contribution < -0.4 is 0 Å². The molecule has 0 saturated carbocycles. The minimum atomic E-state index is -0.268. The molecule has 1 heterocycles. The zero-order chi connectivity index (χ0) is 20.4. The molecule has 0 amide bonds. The molecule has 3 aromatic rings. The van der Waals surface area contributed by atoms with Gasteiger partial charge in [-0.2, -0.15) is 0 Å². The van der Waals surface area contributed by atoms with Crippen LogP contribution in [0.5, 0.6) is 0 Å². The largest absolute Gasteiger partial charge is 0.466 e. The molecule has 0 spiro atoms. The minimum Gasteiger partial charge on any atom is -0.466 e. The third-order valence-electron chi connectivity index (χ3n) is 6.01. The Morgan fingerprint density at radius 1 is 1.07 bits per heavy atom. The summed E-state index contributed by atoms with van der Waals surface area (Å²) in [5, 5.41) is 1.85. The van der Waals surface area contributed by atoms with Gasteiger partial charge in [0.05, 0.1) is 17.8 Å². The minimum absolute atomic E-state index is 0.144. The summed E-state index contributed by atoms with van der Waals surface area (Å²) in [7, 11) is 0. The van der Waals surface area contributed by atoms with E-state index in [2.05, 4.69) is 37.3 Å². The predicted molar refractivity (Wildman–Crippen MR) is 118 cm³/mol. The second-order valence-electron chi connectivity index (χ2n) is 7.76. The average molecular weight is 408 g/mol. The highest BCUT2D eigenvalue weighted by Crippen LogP contribution is 2.54. The van der Waals surface area contributed by atoms with Crippen LogP contribution in [0.15, 0.2) is 48.5 Å². The monoisotopic (exact) mass is 407 g/mol. The Hall–Kier alpha value is -2.39. The highest BCUT2D eigenvalue weighted by molar-refractivity contribution is 6.30. The van der Waals surface area contributed by atoms with Crippen LogP contribution in [0.2, 0.25) is 5.02 Å². The lowest BCUT2D eigenvalue weighted by Gasteiger charge is -2.32. The Morgan fingerprint density at radius 2 is 1.90 bits per heavy atom. The molecule has 1 aliphatic rings. The summed E-state index contributed by atoms with van der Waals surface area (Å²) in [6.07, 6.45) is 4.21. The van der Waals surface area contributed by atoms with E-state index in [1.54, 1.807) is 0 Å². The predicted octanol–water partition coefficient (Wildman–Crippen LogP) is 6.69. The number of unbranched alkanes of at least 4 members (excludes halogenated alkanes) is 1. The number of benzene rings is 2. The lowest BCUT2D eigenvalue weighted by Crippen LogP contribution is -2.27. The van der Waals surface area contributed by atoms with Gasteiger partial charge in [-0.25, -0.2) is 4.98 Å². The molecule has 2 aromatic carbocycles. The van der Waals surface area contributed by atoms with E-state index in [9.17, 15) is 4.79 Å². The maximum absolute atomic E-state index is 12.3. The van der Waals surface area contributed by atoms with Crippen LogP contribution in [0.4, 0.5) is 0 Å². The van der Waals surface area contributed by atoms with Crippen molar-refractivity contribution in [3.63, 3.8) is 0 Å². The number of fused-ring (bicyclic) bond motifs is 4. The van der Waals surface area contributed by atoms with Gasteiger partial charge in [-0.05, 0) is 55.2 Å². The van der Waals surface area contributed by atoms with Gasteiger partial charge in [-0.15, -0.1) is 0 Å². The van der Waals surface area contributed by atoms with Crippen LogP contribution >= 0.6 is 11.6 Å². The molecule has 0 radical (unpaired) electrons. The lowest BCUT2D eigenvalue weighted by atomic mass is 9.71. The average Bonchev–Trinajstić information content (AvgIpc) is 2.98. The van der Waals surface area contributed by atoms with E-state index < -0.39 is 0 Å². The number of hydrogen-bond acceptors (Lipinski definition) is 3. The molecular formula is C25H26ClNO2. The number of rotatable bonds is 7. The van der Waals surface area contributed by atoms with E-state index in [0.29, 0.717) is 19.4 Å². The molecule has 0 bridgehead atoms. The highest BCUT2D eigenvalue weighted by Gasteiger charge is 2.44. The number of esters is 1. The molecule has 3 nitrogen and oxygen atoms in total. The topological polar surface area (TPSA) is 39.2 Å². The summed E-state index contributed by atoms with van der Waals surface area (Å²) in [6.45, 7) is 4.46. The smallest absolute Gasteiger partial charge is 0.305 e. The number of para-hydroxylation sites is 1. The molecule has 0 aliphatic heterocycles. The van der Waals surface area contributed by atoms with Gasteiger partial charge in [0.1, 0.15) is 0 Å². The summed E-state index contributed by atoms with van der Waals surface area (Å²) in [6, 6.07) is 16.6. The summed E-state index contributed by atoms with van der Waals surface area (Å²) < 4.78 is 5.24. The van der Waals surface area contributed by atoms with E-state index in [-0.39, 0.29) is 11.4 Å². The van der Waals surface area contributed by atoms with Crippen LogP contribution in [0, 0.1) is 0 Å². The molecule has 150 valence electrons. The van der Waals surface area contributed by atoms with Gasteiger partial charge in [0.2, 0.25) is 0 Å². The fraction of sp³-hybridized carbons (Fsp3) is 0.360. The number of nitrogens with zero attached hydrogens (tertiary/aromatic N) is 1. The van der Waals surface area contributed by atoms with Crippen molar-refractivity contribution >= 4 is 28.5 Å². The van der Waals surface area contributed by atoms with E-state index in [1.807, 2.05) is 25.1 Å². The quantitative estimate of drug-likeness (QED) is 0.409. The van der Waals surface area contributed by atoms with E-state index in [4.69, 9.17) is 21.3 Å². The molecule has 4 heteroatoms. The molecular weight excluding hydrogens is 382 g/mol. The van der Waals surface area contributed by atoms with Crippen LogP contribution in [0.25, 0.3) is 22.2 Å². The molecule has 0 fully saturated rings. The van der Waals surface area contributed by atoms with Crippen molar-refractivity contribution < 1.29 is 9.53 Å². The van der Waals surface area contributed by atoms with Crippen LogP contribution in [0.1, 0.15) is 57.1 Å². The van der Waals surface area contributed by atoms with E-state index in [1.165, 1.54) is 11.1 Å². The van der Waals surface area contributed by atoms with Crippen LogP contribution in [0.3, 0.4) is 0 Å². The second-order valence-corrected chi connectivity index (χ2v) is 8.19. The fourth-order valence-corrected chi connectivity index (χ4v) is 4.81. The molecule has 0 N–H and O–H groups in total. The summed E-state index contributed by atoms with van der Waals surface area (Å²) in [4.78, 5) is 17.3. The molecule has 29 heavy (non-hydrogen) atoms. The van der Waals surface area contributed by atoms with Crippen molar-refractivity contribution in [2.45, 2.75) is 51.4 Å². The molecule has 0 saturated heterocycles. The maximum Gasteiger partial charge on any atom is 0.305 e. The van der Waals surface area contributed by atoms with Gasteiger partial charge in [0.25, 0.3) is 0 Å². The SMILES string of the molecule is CCCCC1(CCC(=O)OCC)c2cc(Cl)ccc2-c2nc3ccccc3cc21. The van der Waals surface area contributed by atoms with E-state index in [0.717, 1.165) is 46.4 Å². The second kappa shape index (κ2) is 8.16. The standard InChI is InChI=1S/C25H26ClNO2/c1-3-5-13-25(14-12-23(28)29-4-2)20-16-18(26)10-11-19(20)24-21(25)15-17-8-6-7-9-22(17)27-24/h6-11,15-16H,3-5,12-14H2,1-2H3. The highest BCUT2D eigenvalue weighted by atomic mass is 35.5. The Bertz CT molecular complexity index is 1060. The van der Waals surface area contributed by atoms with Crippen molar-refractivity contribution in [2.75, 3.05) is 6.61 Å². The zero-order valence-electron chi connectivity index (χ0n) is 17.0. The van der Waals surface area contributed by atoms with Gasteiger partial charge in [0, 0.05) is 27.8 Å². The summed E-state index contributed by atoms with van der Waals surface area (Å²) >= 11 is 6.43. The molecule has 1 atom stereocenters. The normalized spacial score (nSPS) is 17.2. The van der Waals surface area contributed by atoms with Crippen molar-refractivity contribution in [1.29, 1.82) is 0 Å². The van der Waals surface area contributed by atoms with Crippen molar-refractivity contribution in [2.24, 2.45) is 0 Å².